The predicted octanol–water partition coefficient (Wildman–Crippen LogP) is 3.97. The minimum absolute atomic E-state index is 0.714. The Kier molecular flexibility index (Phi) is 4.07. The molecule has 0 aliphatic heterocycles. The van der Waals surface area contributed by atoms with Gasteiger partial charge in [0.25, 0.3) is 0 Å². The Morgan fingerprint density at radius 2 is 1.86 bits per heavy atom. The number of carboxylic acid groups (broad SMARTS) is 1. The van der Waals surface area contributed by atoms with Gasteiger partial charge in [0.1, 0.15) is 0 Å². The van der Waals surface area contributed by atoms with Gasteiger partial charge < -0.3 is 5.11 Å². The fourth-order valence-electron chi connectivity index (χ4n) is 2.02. The van der Waals surface area contributed by atoms with E-state index in [0.717, 1.165) is 22.9 Å². The molecule has 4 nitrogen and oxygen atoms in total. The minimum atomic E-state index is -0.976. The first-order valence-corrected chi connectivity index (χ1v) is 7.48. The molecule has 22 heavy (non-hydrogen) atoms. The number of carboxylic acids is 1. The molecule has 0 radical (unpaired) electrons. The number of rotatable bonds is 4. The highest BCUT2D eigenvalue weighted by Gasteiger charge is 2.05. The molecule has 0 amide bonds. The molecule has 0 fully saturated rings. The number of pyridine rings is 2. The molecule has 0 saturated heterocycles. The zero-order chi connectivity index (χ0) is 15.4. The van der Waals surface area contributed by atoms with Crippen molar-refractivity contribution in [1.29, 1.82) is 0 Å². The summed E-state index contributed by atoms with van der Waals surface area (Å²) in [6.45, 7) is 0. The molecule has 0 aliphatic rings. The lowest BCUT2D eigenvalue weighted by Crippen LogP contribution is -1.89. The highest BCUT2D eigenvalue weighted by Crippen LogP contribution is 2.27. The Labute approximate surface area is 131 Å². The van der Waals surface area contributed by atoms with E-state index in [1.165, 1.54) is 11.0 Å². The molecule has 0 saturated carbocycles. The molecule has 0 aliphatic carbocycles. The van der Waals surface area contributed by atoms with Crippen LogP contribution in [-0.2, 0) is 4.79 Å². The van der Waals surface area contributed by atoms with E-state index in [0.29, 0.717) is 5.69 Å². The van der Waals surface area contributed by atoms with Crippen LogP contribution in [0, 0.1) is 0 Å². The van der Waals surface area contributed by atoms with E-state index < -0.39 is 5.97 Å². The second kappa shape index (κ2) is 6.32. The smallest absolute Gasteiger partial charge is 0.328 e. The van der Waals surface area contributed by atoms with Crippen molar-refractivity contribution in [3.8, 4) is 21.8 Å². The van der Waals surface area contributed by atoms with Crippen LogP contribution in [0.1, 0.15) is 5.56 Å². The predicted molar refractivity (Wildman–Crippen MR) is 87.5 cm³/mol. The third-order valence-electron chi connectivity index (χ3n) is 3.03. The number of hydrogen-bond acceptors (Lipinski definition) is 4. The van der Waals surface area contributed by atoms with Gasteiger partial charge in [0.15, 0.2) is 0 Å². The number of carbonyl (C=O) groups is 1. The molecule has 3 aromatic rings. The Morgan fingerprint density at radius 1 is 1.09 bits per heavy atom. The molecule has 0 atom stereocenters. The van der Waals surface area contributed by atoms with Gasteiger partial charge in [0, 0.05) is 23.3 Å². The average molecular weight is 308 g/mol. The van der Waals surface area contributed by atoms with E-state index in [1.807, 2.05) is 29.6 Å². The highest BCUT2D eigenvalue weighted by atomic mass is 32.1. The SMILES string of the molecule is O=C(O)/C=C/c1ccnc(-c2cc(-c3cccs3)ccn2)c1. The topological polar surface area (TPSA) is 63.1 Å². The van der Waals surface area contributed by atoms with Gasteiger partial charge in [-0.25, -0.2) is 4.79 Å². The van der Waals surface area contributed by atoms with E-state index in [4.69, 9.17) is 5.11 Å². The van der Waals surface area contributed by atoms with Crippen molar-refractivity contribution in [2.24, 2.45) is 0 Å². The Hall–Kier alpha value is -2.79. The number of aromatic nitrogens is 2. The lowest BCUT2D eigenvalue weighted by Gasteiger charge is -2.03. The fraction of sp³-hybridized carbons (Fsp3) is 0. The molecule has 1 N–H and O–H groups in total. The Bertz CT molecular complexity index is 826. The van der Waals surface area contributed by atoms with Crippen molar-refractivity contribution in [1.82, 2.24) is 9.97 Å². The summed E-state index contributed by atoms with van der Waals surface area (Å²) in [5, 5.41) is 10.7. The van der Waals surface area contributed by atoms with Gasteiger partial charge in [0.05, 0.1) is 11.4 Å². The zero-order valence-corrected chi connectivity index (χ0v) is 12.3. The standard InChI is InChI=1S/C17H12N2O2S/c20-17(21)4-3-12-5-7-18-14(10-12)15-11-13(6-8-19-15)16-2-1-9-22-16/h1-11H,(H,20,21)/b4-3+. The molecule has 0 spiro atoms. The number of thiophene rings is 1. The summed E-state index contributed by atoms with van der Waals surface area (Å²) >= 11 is 1.67. The van der Waals surface area contributed by atoms with E-state index in [-0.39, 0.29) is 0 Å². The number of aliphatic carboxylic acids is 1. The van der Waals surface area contributed by atoms with Gasteiger partial charge >= 0.3 is 5.97 Å². The van der Waals surface area contributed by atoms with Crippen LogP contribution in [0.5, 0.6) is 0 Å². The van der Waals surface area contributed by atoms with Crippen LogP contribution in [-0.4, -0.2) is 21.0 Å². The first-order chi connectivity index (χ1) is 10.7. The first-order valence-electron chi connectivity index (χ1n) is 6.60. The fourth-order valence-corrected chi connectivity index (χ4v) is 2.75. The normalized spacial score (nSPS) is 10.9. The maximum atomic E-state index is 10.6. The van der Waals surface area contributed by atoms with E-state index in [9.17, 15) is 4.79 Å². The molecule has 108 valence electrons. The van der Waals surface area contributed by atoms with E-state index in [1.54, 1.807) is 29.8 Å². The van der Waals surface area contributed by atoms with Gasteiger partial charge in [-0.15, -0.1) is 11.3 Å². The lowest BCUT2D eigenvalue weighted by molar-refractivity contribution is -0.131. The summed E-state index contributed by atoms with van der Waals surface area (Å²) in [5.74, 6) is -0.976. The van der Waals surface area contributed by atoms with Gasteiger partial charge in [-0.2, -0.15) is 0 Å². The van der Waals surface area contributed by atoms with Gasteiger partial charge in [-0.05, 0) is 52.9 Å². The van der Waals surface area contributed by atoms with Gasteiger partial charge in [-0.3, -0.25) is 9.97 Å². The summed E-state index contributed by atoms with van der Waals surface area (Å²) in [7, 11) is 0. The molecular weight excluding hydrogens is 296 g/mol. The van der Waals surface area contributed by atoms with Crippen LogP contribution >= 0.6 is 11.3 Å². The Morgan fingerprint density at radius 3 is 2.59 bits per heavy atom. The van der Waals surface area contributed by atoms with Crippen molar-refractivity contribution < 1.29 is 9.90 Å². The second-order valence-electron chi connectivity index (χ2n) is 4.55. The van der Waals surface area contributed by atoms with E-state index >= 15 is 0 Å². The molecule has 0 aromatic carbocycles. The first kappa shape index (κ1) is 14.2. The Balaban J connectivity index is 1.96. The monoisotopic (exact) mass is 308 g/mol. The molecule has 3 aromatic heterocycles. The number of hydrogen-bond donors (Lipinski definition) is 1. The third-order valence-corrected chi connectivity index (χ3v) is 3.95. The molecule has 3 rings (SSSR count). The summed E-state index contributed by atoms with van der Waals surface area (Å²) in [5.41, 5.74) is 3.34. The quantitative estimate of drug-likeness (QED) is 0.741. The van der Waals surface area contributed by atoms with Crippen molar-refractivity contribution in [2.45, 2.75) is 0 Å². The van der Waals surface area contributed by atoms with Crippen molar-refractivity contribution in [2.75, 3.05) is 0 Å². The third kappa shape index (κ3) is 3.27. The van der Waals surface area contributed by atoms with Crippen LogP contribution in [0.2, 0.25) is 0 Å². The highest BCUT2D eigenvalue weighted by molar-refractivity contribution is 7.13. The van der Waals surface area contributed by atoms with Gasteiger partial charge in [0.2, 0.25) is 0 Å². The largest absolute Gasteiger partial charge is 0.478 e. The molecule has 0 unspecified atom stereocenters. The molecule has 5 heteroatoms. The van der Waals surface area contributed by atoms with Crippen LogP contribution in [0.15, 0.2) is 60.2 Å². The van der Waals surface area contributed by atoms with Crippen molar-refractivity contribution >= 4 is 23.4 Å². The minimum Gasteiger partial charge on any atom is -0.478 e. The maximum absolute atomic E-state index is 10.6. The van der Waals surface area contributed by atoms with Crippen molar-refractivity contribution in [3.63, 3.8) is 0 Å². The summed E-state index contributed by atoms with van der Waals surface area (Å²) < 4.78 is 0. The summed E-state index contributed by atoms with van der Waals surface area (Å²) in [6, 6.07) is 11.6. The summed E-state index contributed by atoms with van der Waals surface area (Å²) in [6.07, 6.45) is 6.05. The van der Waals surface area contributed by atoms with Crippen LogP contribution in [0.4, 0.5) is 0 Å². The van der Waals surface area contributed by atoms with Crippen molar-refractivity contribution in [3.05, 3.63) is 65.8 Å². The van der Waals surface area contributed by atoms with E-state index in [2.05, 4.69) is 16.0 Å². The zero-order valence-electron chi connectivity index (χ0n) is 11.5. The van der Waals surface area contributed by atoms with Crippen LogP contribution in [0.25, 0.3) is 27.9 Å². The van der Waals surface area contributed by atoms with Gasteiger partial charge in [-0.1, -0.05) is 6.07 Å². The maximum Gasteiger partial charge on any atom is 0.328 e. The molecule has 3 heterocycles. The lowest BCUT2D eigenvalue weighted by atomic mass is 10.1. The number of nitrogens with zero attached hydrogens (tertiary/aromatic N) is 2. The molecule has 0 bridgehead atoms. The second-order valence-corrected chi connectivity index (χ2v) is 5.50. The molecular formula is C17H12N2O2S. The van der Waals surface area contributed by atoms with Crippen LogP contribution < -0.4 is 0 Å². The van der Waals surface area contributed by atoms with Crippen LogP contribution in [0.3, 0.4) is 0 Å². The average Bonchev–Trinajstić information content (AvgIpc) is 3.08. The summed E-state index contributed by atoms with van der Waals surface area (Å²) in [4.78, 5) is 20.4.